The molecule has 1 rings (SSSR count). The molecular formula is C13H24N2O3. The first-order valence-electron chi connectivity index (χ1n) is 6.86. The number of rotatable bonds is 5. The lowest BCUT2D eigenvalue weighted by Gasteiger charge is -2.33. The molecule has 104 valence electrons. The smallest absolute Gasteiger partial charge is 0.326 e. The first kappa shape index (κ1) is 14.8. The van der Waals surface area contributed by atoms with Crippen LogP contribution in [0.1, 0.15) is 46.0 Å². The van der Waals surface area contributed by atoms with Gasteiger partial charge in [-0.2, -0.15) is 0 Å². The Hall–Kier alpha value is -1.26. The fraction of sp³-hybridized carbons (Fsp3) is 0.846. The van der Waals surface area contributed by atoms with E-state index in [4.69, 9.17) is 5.11 Å². The van der Waals surface area contributed by atoms with Crippen molar-refractivity contribution in [3.05, 3.63) is 0 Å². The topological polar surface area (TPSA) is 69.6 Å². The molecule has 2 N–H and O–H groups in total. The van der Waals surface area contributed by atoms with Crippen LogP contribution >= 0.6 is 0 Å². The summed E-state index contributed by atoms with van der Waals surface area (Å²) in [6.07, 6.45) is 4.47. The summed E-state index contributed by atoms with van der Waals surface area (Å²) in [5, 5.41) is 11.6. The highest BCUT2D eigenvalue weighted by atomic mass is 16.4. The van der Waals surface area contributed by atoms with Gasteiger partial charge in [-0.15, -0.1) is 0 Å². The summed E-state index contributed by atoms with van der Waals surface area (Å²) in [6, 6.07) is -0.987. The van der Waals surface area contributed by atoms with Crippen molar-refractivity contribution < 1.29 is 14.7 Å². The van der Waals surface area contributed by atoms with Crippen LogP contribution in [0, 0.1) is 5.92 Å². The van der Waals surface area contributed by atoms with Crippen LogP contribution in [-0.4, -0.2) is 41.1 Å². The van der Waals surface area contributed by atoms with Gasteiger partial charge in [-0.25, -0.2) is 9.59 Å². The van der Waals surface area contributed by atoms with E-state index in [2.05, 4.69) is 12.2 Å². The van der Waals surface area contributed by atoms with Crippen molar-refractivity contribution >= 4 is 12.0 Å². The van der Waals surface area contributed by atoms with Crippen molar-refractivity contribution in [2.24, 2.45) is 5.92 Å². The molecule has 1 heterocycles. The van der Waals surface area contributed by atoms with E-state index in [0.29, 0.717) is 12.3 Å². The quantitative estimate of drug-likeness (QED) is 0.791. The number of carboxylic acid groups (broad SMARTS) is 1. The van der Waals surface area contributed by atoms with Gasteiger partial charge in [0.2, 0.25) is 0 Å². The predicted molar refractivity (Wildman–Crippen MR) is 69.5 cm³/mol. The molecule has 5 heteroatoms. The molecule has 2 amide bonds. The Labute approximate surface area is 109 Å². The molecule has 2 atom stereocenters. The van der Waals surface area contributed by atoms with Crippen molar-refractivity contribution in [1.29, 1.82) is 0 Å². The van der Waals surface area contributed by atoms with E-state index in [-0.39, 0.29) is 6.03 Å². The molecule has 2 unspecified atom stereocenters. The number of urea groups is 1. The van der Waals surface area contributed by atoms with Crippen molar-refractivity contribution in [3.63, 3.8) is 0 Å². The van der Waals surface area contributed by atoms with E-state index in [9.17, 15) is 9.59 Å². The molecule has 0 aliphatic carbocycles. The van der Waals surface area contributed by atoms with Crippen LogP contribution in [0.5, 0.6) is 0 Å². The summed E-state index contributed by atoms with van der Waals surface area (Å²) >= 11 is 0. The van der Waals surface area contributed by atoms with Crippen LogP contribution in [0.15, 0.2) is 0 Å². The third-order valence-corrected chi connectivity index (χ3v) is 3.56. The van der Waals surface area contributed by atoms with Gasteiger partial charge in [0.15, 0.2) is 0 Å². The molecule has 0 aromatic rings. The predicted octanol–water partition coefficient (Wildman–Crippen LogP) is 2.07. The highest BCUT2D eigenvalue weighted by Crippen LogP contribution is 2.19. The Morgan fingerprint density at radius 1 is 1.44 bits per heavy atom. The second-order valence-corrected chi connectivity index (χ2v) is 4.99. The molecule has 18 heavy (non-hydrogen) atoms. The number of amides is 2. The molecule has 1 aliphatic rings. The second kappa shape index (κ2) is 7.24. The first-order chi connectivity index (χ1) is 8.58. The van der Waals surface area contributed by atoms with Crippen LogP contribution in [0.25, 0.3) is 0 Å². The molecule has 1 aliphatic heterocycles. The highest BCUT2D eigenvalue weighted by molar-refractivity contribution is 5.82. The normalized spacial score (nSPS) is 21.4. The summed E-state index contributed by atoms with van der Waals surface area (Å²) in [4.78, 5) is 24.7. The number of carbonyl (C=O) groups is 2. The average Bonchev–Trinajstić information content (AvgIpc) is 2.38. The minimum Gasteiger partial charge on any atom is -0.480 e. The highest BCUT2D eigenvalue weighted by Gasteiger charge is 2.26. The second-order valence-electron chi connectivity index (χ2n) is 4.99. The van der Waals surface area contributed by atoms with Crippen molar-refractivity contribution in [1.82, 2.24) is 10.2 Å². The monoisotopic (exact) mass is 256 g/mol. The molecule has 5 nitrogen and oxygen atoms in total. The first-order valence-corrected chi connectivity index (χ1v) is 6.86. The molecular weight excluding hydrogens is 232 g/mol. The Bertz CT molecular complexity index is 294. The van der Waals surface area contributed by atoms with E-state index in [1.54, 1.807) is 4.90 Å². The van der Waals surface area contributed by atoms with Gasteiger partial charge < -0.3 is 15.3 Å². The maximum Gasteiger partial charge on any atom is 0.326 e. The lowest BCUT2D eigenvalue weighted by Crippen LogP contribution is -2.50. The van der Waals surface area contributed by atoms with Crippen LogP contribution in [0.4, 0.5) is 4.79 Å². The summed E-state index contributed by atoms with van der Waals surface area (Å²) in [6.45, 7) is 5.53. The fourth-order valence-electron chi connectivity index (χ4n) is 2.37. The van der Waals surface area contributed by atoms with Gasteiger partial charge in [0.1, 0.15) is 6.04 Å². The van der Waals surface area contributed by atoms with Crippen molar-refractivity contribution in [2.45, 2.75) is 52.0 Å². The van der Waals surface area contributed by atoms with E-state index in [1.165, 1.54) is 0 Å². The van der Waals surface area contributed by atoms with E-state index >= 15 is 0 Å². The van der Waals surface area contributed by atoms with Crippen LogP contribution in [0.3, 0.4) is 0 Å². The number of nitrogens with one attached hydrogen (secondary N) is 1. The Kier molecular flexibility index (Phi) is 5.95. The number of piperidine rings is 1. The third kappa shape index (κ3) is 4.20. The van der Waals surface area contributed by atoms with Crippen LogP contribution in [0.2, 0.25) is 0 Å². The Morgan fingerprint density at radius 2 is 2.17 bits per heavy atom. The van der Waals surface area contributed by atoms with Crippen LogP contribution in [-0.2, 0) is 4.79 Å². The zero-order valence-corrected chi connectivity index (χ0v) is 11.3. The summed E-state index contributed by atoms with van der Waals surface area (Å²) in [7, 11) is 0. The SMILES string of the molecule is CCCC(NC(=O)N1CCCC(CC)C1)C(=O)O. The Balaban J connectivity index is 2.50. The number of aliphatic carboxylic acids is 1. The lowest BCUT2D eigenvalue weighted by atomic mass is 9.96. The third-order valence-electron chi connectivity index (χ3n) is 3.56. The van der Waals surface area contributed by atoms with Crippen molar-refractivity contribution in [3.8, 4) is 0 Å². The van der Waals surface area contributed by atoms with Crippen LogP contribution < -0.4 is 5.32 Å². The molecule has 1 saturated heterocycles. The number of hydrogen-bond acceptors (Lipinski definition) is 2. The fourth-order valence-corrected chi connectivity index (χ4v) is 2.37. The van der Waals surface area contributed by atoms with Gasteiger partial charge in [0.25, 0.3) is 0 Å². The van der Waals surface area contributed by atoms with Gasteiger partial charge in [0, 0.05) is 13.1 Å². The minimum atomic E-state index is -0.950. The van der Waals surface area contributed by atoms with Gasteiger partial charge in [0.05, 0.1) is 0 Å². The van der Waals surface area contributed by atoms with Gasteiger partial charge in [-0.3, -0.25) is 0 Å². The zero-order valence-electron chi connectivity index (χ0n) is 11.3. The molecule has 0 aromatic heterocycles. The maximum absolute atomic E-state index is 12.0. The van der Waals surface area contributed by atoms with Gasteiger partial charge in [-0.05, 0) is 25.2 Å². The van der Waals surface area contributed by atoms with E-state index < -0.39 is 12.0 Å². The molecule has 0 saturated carbocycles. The van der Waals surface area contributed by atoms with E-state index in [1.807, 2.05) is 6.92 Å². The number of nitrogens with zero attached hydrogens (tertiary/aromatic N) is 1. The minimum absolute atomic E-state index is 0.228. The number of hydrogen-bond donors (Lipinski definition) is 2. The summed E-state index contributed by atoms with van der Waals surface area (Å²) in [5.41, 5.74) is 0. The average molecular weight is 256 g/mol. The molecule has 0 radical (unpaired) electrons. The zero-order chi connectivity index (χ0) is 13.5. The summed E-state index contributed by atoms with van der Waals surface area (Å²) < 4.78 is 0. The summed E-state index contributed by atoms with van der Waals surface area (Å²) in [5.74, 6) is -0.395. The van der Waals surface area contributed by atoms with Gasteiger partial charge >= 0.3 is 12.0 Å². The number of likely N-dealkylation sites (tertiary alicyclic amines) is 1. The molecule has 0 bridgehead atoms. The molecule has 0 aromatic carbocycles. The van der Waals surface area contributed by atoms with Crippen molar-refractivity contribution in [2.75, 3.05) is 13.1 Å². The number of carboxylic acids is 1. The van der Waals surface area contributed by atoms with E-state index in [0.717, 1.165) is 38.8 Å². The lowest BCUT2D eigenvalue weighted by molar-refractivity contribution is -0.139. The largest absolute Gasteiger partial charge is 0.480 e. The maximum atomic E-state index is 12.0. The number of carbonyl (C=O) groups excluding carboxylic acids is 1. The Morgan fingerprint density at radius 3 is 2.72 bits per heavy atom. The molecule has 0 spiro atoms. The van der Waals surface area contributed by atoms with Gasteiger partial charge in [-0.1, -0.05) is 26.7 Å². The standard InChI is InChI=1S/C13H24N2O3/c1-3-6-11(12(16)17)14-13(18)15-8-5-7-10(4-2)9-15/h10-11H,3-9H2,1-2H3,(H,14,18)(H,16,17). The molecule has 1 fully saturated rings.